The predicted molar refractivity (Wildman–Crippen MR) is 77.7 cm³/mol. The van der Waals surface area contributed by atoms with Crippen molar-refractivity contribution in [1.82, 2.24) is 20.1 Å². The van der Waals surface area contributed by atoms with Crippen LogP contribution in [0.5, 0.6) is 0 Å². The largest absolute Gasteiger partial charge is 0.342 e. The van der Waals surface area contributed by atoms with Crippen molar-refractivity contribution in [3.63, 3.8) is 0 Å². The minimum absolute atomic E-state index is 0.0133. The first kappa shape index (κ1) is 14.7. The van der Waals surface area contributed by atoms with Gasteiger partial charge in [0, 0.05) is 26.2 Å². The lowest BCUT2D eigenvalue weighted by molar-refractivity contribution is -0.128. The summed E-state index contributed by atoms with van der Waals surface area (Å²) in [7, 11) is 1.73. The third kappa shape index (κ3) is 3.88. The van der Waals surface area contributed by atoms with E-state index in [-0.39, 0.29) is 17.6 Å². The number of nitrogens with one attached hydrogen (secondary N) is 2. The molecular formula is C14H17N5O2. The SMILES string of the molecule is CC(=O)N(C)Cc1cccc(NC(=O)c2n[nH]c(C)n2)c1. The number of aromatic nitrogens is 3. The molecule has 0 atom stereocenters. The first-order chi connectivity index (χ1) is 9.95. The Bertz CT molecular complexity index is 665. The van der Waals surface area contributed by atoms with Gasteiger partial charge < -0.3 is 10.2 Å². The fourth-order valence-electron chi connectivity index (χ4n) is 1.76. The highest BCUT2D eigenvalue weighted by molar-refractivity contribution is 6.01. The molecule has 0 radical (unpaired) electrons. The highest BCUT2D eigenvalue weighted by atomic mass is 16.2. The molecule has 0 bridgehead atoms. The van der Waals surface area contributed by atoms with Crippen LogP contribution < -0.4 is 5.32 Å². The minimum Gasteiger partial charge on any atom is -0.342 e. The number of rotatable bonds is 4. The standard InChI is InChI=1S/C14H17N5O2/c1-9-15-13(18-17-9)14(21)16-12-6-4-5-11(7-12)8-19(3)10(2)20/h4-7H,8H2,1-3H3,(H,16,21)(H,15,17,18). The zero-order chi connectivity index (χ0) is 15.4. The van der Waals surface area contributed by atoms with Crippen molar-refractivity contribution in [1.29, 1.82) is 0 Å². The molecule has 0 fully saturated rings. The molecule has 7 heteroatoms. The fourth-order valence-corrected chi connectivity index (χ4v) is 1.76. The molecule has 2 rings (SSSR count). The topological polar surface area (TPSA) is 91.0 Å². The molecule has 0 aliphatic rings. The highest BCUT2D eigenvalue weighted by Gasteiger charge is 2.11. The smallest absolute Gasteiger partial charge is 0.295 e. The van der Waals surface area contributed by atoms with Crippen molar-refractivity contribution in [2.75, 3.05) is 12.4 Å². The highest BCUT2D eigenvalue weighted by Crippen LogP contribution is 2.13. The second-order valence-electron chi connectivity index (χ2n) is 4.77. The van der Waals surface area contributed by atoms with E-state index in [9.17, 15) is 9.59 Å². The number of aromatic amines is 1. The number of hydrogen-bond donors (Lipinski definition) is 2. The zero-order valence-corrected chi connectivity index (χ0v) is 12.2. The number of carbonyl (C=O) groups is 2. The molecule has 1 aromatic carbocycles. The first-order valence-electron chi connectivity index (χ1n) is 6.46. The van der Waals surface area contributed by atoms with E-state index in [0.717, 1.165) is 5.56 Å². The maximum absolute atomic E-state index is 11.9. The van der Waals surface area contributed by atoms with Gasteiger partial charge in [-0.1, -0.05) is 12.1 Å². The Balaban J connectivity index is 2.07. The third-order valence-electron chi connectivity index (χ3n) is 2.94. The van der Waals surface area contributed by atoms with Crippen molar-refractivity contribution in [2.24, 2.45) is 0 Å². The summed E-state index contributed by atoms with van der Waals surface area (Å²) in [5.41, 5.74) is 1.56. The van der Waals surface area contributed by atoms with E-state index in [1.54, 1.807) is 24.9 Å². The van der Waals surface area contributed by atoms with Crippen LogP contribution >= 0.6 is 0 Å². The van der Waals surface area contributed by atoms with Crippen molar-refractivity contribution in [2.45, 2.75) is 20.4 Å². The van der Waals surface area contributed by atoms with Crippen molar-refractivity contribution in [3.8, 4) is 0 Å². The molecule has 2 N–H and O–H groups in total. The van der Waals surface area contributed by atoms with Gasteiger partial charge in [0.1, 0.15) is 5.82 Å². The quantitative estimate of drug-likeness (QED) is 0.888. The number of benzene rings is 1. The number of aryl methyl sites for hydroxylation is 1. The van der Waals surface area contributed by atoms with Gasteiger partial charge in [0.05, 0.1) is 0 Å². The number of amides is 2. The van der Waals surface area contributed by atoms with Crippen molar-refractivity contribution >= 4 is 17.5 Å². The summed E-state index contributed by atoms with van der Waals surface area (Å²) >= 11 is 0. The van der Waals surface area contributed by atoms with Gasteiger partial charge in [-0.15, -0.1) is 5.10 Å². The molecule has 0 unspecified atom stereocenters. The number of nitrogens with zero attached hydrogens (tertiary/aromatic N) is 3. The molecule has 0 saturated heterocycles. The predicted octanol–water partition coefficient (Wildman–Crippen LogP) is 1.34. The van der Waals surface area contributed by atoms with Crippen LogP contribution in [0.1, 0.15) is 28.9 Å². The van der Waals surface area contributed by atoms with Crippen LogP contribution in [0, 0.1) is 6.92 Å². The van der Waals surface area contributed by atoms with E-state index < -0.39 is 0 Å². The molecular weight excluding hydrogens is 270 g/mol. The summed E-state index contributed by atoms with van der Waals surface area (Å²) in [4.78, 5) is 28.7. The van der Waals surface area contributed by atoms with E-state index in [0.29, 0.717) is 18.1 Å². The maximum atomic E-state index is 11.9. The normalized spacial score (nSPS) is 10.2. The van der Waals surface area contributed by atoms with Gasteiger partial charge in [0.25, 0.3) is 5.91 Å². The molecule has 0 saturated carbocycles. The second-order valence-corrected chi connectivity index (χ2v) is 4.77. The summed E-state index contributed by atoms with van der Waals surface area (Å²) in [5.74, 6) is 0.285. The van der Waals surface area contributed by atoms with Crippen LogP contribution in [0.25, 0.3) is 0 Å². The van der Waals surface area contributed by atoms with Crippen LogP contribution in [0.2, 0.25) is 0 Å². The lowest BCUT2D eigenvalue weighted by atomic mass is 10.2. The summed E-state index contributed by atoms with van der Waals surface area (Å²) < 4.78 is 0. The van der Waals surface area contributed by atoms with E-state index in [2.05, 4.69) is 20.5 Å². The molecule has 110 valence electrons. The van der Waals surface area contributed by atoms with Gasteiger partial charge >= 0.3 is 0 Å². The fraction of sp³-hybridized carbons (Fsp3) is 0.286. The van der Waals surface area contributed by atoms with Crippen LogP contribution in [0.3, 0.4) is 0 Å². The summed E-state index contributed by atoms with van der Waals surface area (Å²) in [6.45, 7) is 3.72. The minimum atomic E-state index is -0.378. The van der Waals surface area contributed by atoms with Crippen LogP contribution in [0.4, 0.5) is 5.69 Å². The average molecular weight is 287 g/mol. The van der Waals surface area contributed by atoms with Gasteiger partial charge in [0.15, 0.2) is 0 Å². The first-order valence-corrected chi connectivity index (χ1v) is 6.46. The number of H-pyrrole nitrogens is 1. The molecule has 1 heterocycles. The number of hydrogen-bond acceptors (Lipinski definition) is 4. The maximum Gasteiger partial charge on any atom is 0.295 e. The van der Waals surface area contributed by atoms with Gasteiger partial charge in [-0.05, 0) is 24.6 Å². The molecule has 7 nitrogen and oxygen atoms in total. The molecule has 21 heavy (non-hydrogen) atoms. The lowest BCUT2D eigenvalue weighted by Gasteiger charge is -2.15. The molecule has 2 amide bonds. The molecule has 2 aromatic rings. The Labute approximate surface area is 122 Å². The summed E-state index contributed by atoms with van der Waals surface area (Å²) in [6, 6.07) is 7.31. The van der Waals surface area contributed by atoms with Gasteiger partial charge in [-0.25, -0.2) is 4.98 Å². The zero-order valence-electron chi connectivity index (χ0n) is 12.2. The average Bonchev–Trinajstić information content (AvgIpc) is 2.86. The third-order valence-corrected chi connectivity index (χ3v) is 2.94. The van der Waals surface area contributed by atoms with E-state index >= 15 is 0 Å². The Hall–Kier alpha value is -2.70. The Morgan fingerprint density at radius 1 is 1.38 bits per heavy atom. The number of carbonyl (C=O) groups excluding carboxylic acids is 2. The van der Waals surface area contributed by atoms with Crippen LogP contribution in [-0.4, -0.2) is 38.9 Å². The summed E-state index contributed by atoms with van der Waals surface area (Å²) in [5, 5.41) is 9.15. The van der Waals surface area contributed by atoms with Crippen LogP contribution in [0.15, 0.2) is 24.3 Å². The van der Waals surface area contributed by atoms with Gasteiger partial charge in [0.2, 0.25) is 11.7 Å². The molecule has 0 spiro atoms. The Morgan fingerprint density at radius 2 is 2.14 bits per heavy atom. The van der Waals surface area contributed by atoms with Gasteiger partial charge in [-0.3, -0.25) is 14.7 Å². The van der Waals surface area contributed by atoms with Crippen molar-refractivity contribution in [3.05, 3.63) is 41.5 Å². The number of anilines is 1. The molecule has 0 aliphatic carbocycles. The van der Waals surface area contributed by atoms with Gasteiger partial charge in [-0.2, -0.15) is 0 Å². The molecule has 1 aromatic heterocycles. The molecule has 0 aliphatic heterocycles. The lowest BCUT2D eigenvalue weighted by Crippen LogP contribution is -2.23. The van der Waals surface area contributed by atoms with Crippen LogP contribution in [-0.2, 0) is 11.3 Å². The Morgan fingerprint density at radius 3 is 2.76 bits per heavy atom. The Kier molecular flexibility index (Phi) is 4.32. The monoisotopic (exact) mass is 287 g/mol. The van der Waals surface area contributed by atoms with E-state index in [1.165, 1.54) is 6.92 Å². The second kappa shape index (κ2) is 6.17. The van der Waals surface area contributed by atoms with E-state index in [1.807, 2.05) is 18.2 Å². The summed E-state index contributed by atoms with van der Waals surface area (Å²) in [6.07, 6.45) is 0. The van der Waals surface area contributed by atoms with E-state index in [4.69, 9.17) is 0 Å². The van der Waals surface area contributed by atoms with Crippen molar-refractivity contribution < 1.29 is 9.59 Å².